The molecule has 2 aromatic carbocycles. The van der Waals surface area contributed by atoms with E-state index in [1.165, 1.54) is 6.92 Å². The predicted octanol–water partition coefficient (Wildman–Crippen LogP) is 1.72. The van der Waals surface area contributed by atoms with E-state index in [4.69, 9.17) is 4.74 Å². The molecular weight excluding hydrogens is 512 g/mol. The van der Waals surface area contributed by atoms with Gasteiger partial charge in [0.15, 0.2) is 0 Å². The van der Waals surface area contributed by atoms with Gasteiger partial charge in [-0.2, -0.15) is 0 Å². The number of carbonyl (C=O) groups is 3. The summed E-state index contributed by atoms with van der Waals surface area (Å²) in [6.07, 6.45) is 0.845. The van der Waals surface area contributed by atoms with Crippen LogP contribution in [0.3, 0.4) is 0 Å². The lowest BCUT2D eigenvalue weighted by Gasteiger charge is -2.20. The van der Waals surface area contributed by atoms with Crippen molar-refractivity contribution in [3.8, 4) is 0 Å². The second-order valence-corrected chi connectivity index (χ2v) is 10.4. The van der Waals surface area contributed by atoms with E-state index < -0.39 is 36.2 Å². The van der Waals surface area contributed by atoms with E-state index in [0.29, 0.717) is 16.7 Å². The molecule has 2 aliphatic rings. The maximum absolute atomic E-state index is 13.2. The number of amides is 3. The number of carbonyl (C=O) groups excluding carboxylic acids is 3. The zero-order chi connectivity index (χ0) is 28.1. The van der Waals surface area contributed by atoms with Crippen LogP contribution in [-0.2, 0) is 32.7 Å². The minimum Gasteiger partial charge on any atom is -0.390 e. The molecule has 40 heavy (non-hydrogen) atoms. The highest BCUT2D eigenvalue weighted by Gasteiger charge is 2.39. The highest BCUT2D eigenvalue weighted by molar-refractivity contribution is 6.50. The molecule has 0 bridgehead atoms. The molecule has 4 atom stereocenters. The summed E-state index contributed by atoms with van der Waals surface area (Å²) in [6, 6.07) is 15.2. The topological polar surface area (TPSA) is 135 Å². The lowest BCUT2D eigenvalue weighted by Crippen LogP contribution is -2.36. The highest BCUT2D eigenvalue weighted by atomic mass is 16.5. The largest absolute Gasteiger partial charge is 0.390 e. The fourth-order valence-corrected chi connectivity index (χ4v) is 5.86. The number of imide groups is 1. The summed E-state index contributed by atoms with van der Waals surface area (Å²) in [5, 5.41) is 28.3. The maximum Gasteiger partial charge on any atom is 0.259 e. The Kier molecular flexibility index (Phi) is 6.53. The molecule has 1 fully saturated rings. The van der Waals surface area contributed by atoms with Gasteiger partial charge in [0.2, 0.25) is 5.91 Å². The number of aliphatic hydroxyl groups is 2. The molecule has 0 aliphatic carbocycles. The van der Waals surface area contributed by atoms with Crippen LogP contribution in [0, 0.1) is 0 Å². The average Bonchev–Trinajstić information content (AvgIpc) is 3.65. The first-order valence-electron chi connectivity index (χ1n) is 13.2. The number of rotatable bonds is 7. The van der Waals surface area contributed by atoms with E-state index in [9.17, 15) is 24.6 Å². The molecule has 1 saturated heterocycles. The third kappa shape index (κ3) is 4.40. The fourth-order valence-electron chi connectivity index (χ4n) is 5.86. The van der Waals surface area contributed by atoms with Crippen molar-refractivity contribution >= 4 is 50.7 Å². The van der Waals surface area contributed by atoms with Gasteiger partial charge in [-0.3, -0.25) is 19.7 Å². The summed E-state index contributed by atoms with van der Waals surface area (Å²) in [7, 11) is 1.90. The minimum absolute atomic E-state index is 0.136. The molecule has 3 amide bonds. The Morgan fingerprint density at radius 1 is 1.02 bits per heavy atom. The van der Waals surface area contributed by atoms with Gasteiger partial charge < -0.3 is 29.4 Å². The molecule has 4 N–H and O–H groups in total. The molecule has 4 aromatic rings. The quantitative estimate of drug-likeness (QED) is 0.263. The molecule has 206 valence electrons. The van der Waals surface area contributed by atoms with E-state index in [2.05, 4.69) is 10.6 Å². The van der Waals surface area contributed by atoms with E-state index >= 15 is 0 Å². The van der Waals surface area contributed by atoms with E-state index in [1.54, 1.807) is 6.20 Å². The zero-order valence-corrected chi connectivity index (χ0v) is 22.1. The minimum atomic E-state index is -0.966. The summed E-state index contributed by atoms with van der Waals surface area (Å²) in [5.41, 5.74) is 3.58. The molecule has 6 rings (SSSR count). The van der Waals surface area contributed by atoms with Crippen LogP contribution in [0.5, 0.6) is 0 Å². The van der Waals surface area contributed by atoms with Crippen molar-refractivity contribution in [3.63, 3.8) is 0 Å². The van der Waals surface area contributed by atoms with Crippen LogP contribution in [0.15, 0.2) is 60.9 Å². The van der Waals surface area contributed by atoms with Gasteiger partial charge in [0.1, 0.15) is 6.10 Å². The van der Waals surface area contributed by atoms with Gasteiger partial charge in [0.25, 0.3) is 11.8 Å². The average molecular weight is 543 g/mol. The van der Waals surface area contributed by atoms with E-state index in [0.717, 1.165) is 21.8 Å². The lowest BCUT2D eigenvalue weighted by atomic mass is 9.95. The summed E-state index contributed by atoms with van der Waals surface area (Å²) in [6.45, 7) is 1.68. The summed E-state index contributed by atoms with van der Waals surface area (Å²) in [5.74, 6) is -1.15. The van der Waals surface area contributed by atoms with Crippen molar-refractivity contribution < 1.29 is 29.3 Å². The number of ether oxygens (including phenoxy) is 1. The third-order valence-electron chi connectivity index (χ3n) is 7.77. The number of benzene rings is 2. The van der Waals surface area contributed by atoms with Crippen molar-refractivity contribution in [2.75, 3.05) is 6.54 Å². The number of aliphatic hydroxyl groups excluding tert-OH is 2. The van der Waals surface area contributed by atoms with Crippen molar-refractivity contribution in [3.05, 3.63) is 72.1 Å². The number of para-hydroxylation sites is 2. The molecule has 0 spiro atoms. The van der Waals surface area contributed by atoms with Crippen LogP contribution >= 0.6 is 0 Å². The number of hydrogen-bond acceptors (Lipinski definition) is 6. The van der Waals surface area contributed by atoms with Crippen LogP contribution in [0.4, 0.5) is 0 Å². The molecule has 10 heteroatoms. The van der Waals surface area contributed by atoms with Crippen LogP contribution in [0.1, 0.15) is 24.5 Å². The molecule has 2 aromatic heterocycles. The Balaban J connectivity index is 1.38. The summed E-state index contributed by atoms with van der Waals surface area (Å²) < 4.78 is 9.65. The third-order valence-corrected chi connectivity index (χ3v) is 7.77. The molecule has 4 heterocycles. The summed E-state index contributed by atoms with van der Waals surface area (Å²) in [4.78, 5) is 37.7. The molecule has 0 saturated carbocycles. The zero-order valence-electron chi connectivity index (χ0n) is 22.1. The van der Waals surface area contributed by atoms with Crippen LogP contribution in [0.2, 0.25) is 0 Å². The van der Waals surface area contributed by atoms with Crippen molar-refractivity contribution in [1.29, 1.82) is 0 Å². The van der Waals surface area contributed by atoms with Crippen LogP contribution in [-0.4, -0.2) is 68.0 Å². The fraction of sp³-hybridized carbons (Fsp3) is 0.300. The molecular formula is C30H30N4O6. The standard InChI is InChI=1S/C30H30N4O6/c1-16(35)31-12-26-23(36)11-25(40-26)24(37)15-34-14-20(18-8-4-6-10-22(18)34)28-27(29(38)32-30(28)39)19-13-33(2)21-9-5-3-7-17(19)21/h3-10,13-14,23-26,36-37H,11-12,15H2,1-2H3,(H,31,35)(H,32,38,39)/t23-,24?,25+,26+/m0/s1. The highest BCUT2D eigenvalue weighted by Crippen LogP contribution is 2.39. The summed E-state index contributed by atoms with van der Waals surface area (Å²) >= 11 is 0. The normalized spacial score (nSPS) is 21.9. The second-order valence-electron chi connectivity index (χ2n) is 10.4. The van der Waals surface area contributed by atoms with Crippen LogP contribution < -0.4 is 10.6 Å². The Bertz CT molecular complexity index is 1700. The number of nitrogens with one attached hydrogen (secondary N) is 2. The molecule has 10 nitrogen and oxygen atoms in total. The van der Waals surface area contributed by atoms with Gasteiger partial charge in [-0.1, -0.05) is 36.4 Å². The van der Waals surface area contributed by atoms with Crippen LogP contribution in [0.25, 0.3) is 33.0 Å². The Labute approximate surface area is 229 Å². The molecule has 0 radical (unpaired) electrons. The first kappa shape index (κ1) is 26.0. The first-order valence-corrected chi connectivity index (χ1v) is 13.2. The number of hydrogen-bond donors (Lipinski definition) is 4. The predicted molar refractivity (Wildman–Crippen MR) is 149 cm³/mol. The van der Waals surface area contributed by atoms with E-state index in [-0.39, 0.29) is 31.0 Å². The maximum atomic E-state index is 13.2. The number of aromatic nitrogens is 2. The monoisotopic (exact) mass is 542 g/mol. The Morgan fingerprint density at radius 2 is 1.62 bits per heavy atom. The van der Waals surface area contributed by atoms with Gasteiger partial charge in [0.05, 0.1) is 36.0 Å². The smallest absolute Gasteiger partial charge is 0.259 e. The van der Waals surface area contributed by atoms with Gasteiger partial charge in [-0.05, 0) is 12.1 Å². The van der Waals surface area contributed by atoms with Crippen molar-refractivity contribution in [2.45, 2.75) is 44.3 Å². The number of nitrogens with zero attached hydrogens (tertiary/aromatic N) is 2. The first-order chi connectivity index (χ1) is 19.2. The lowest BCUT2D eigenvalue weighted by molar-refractivity contribution is -0.123. The molecule has 2 aliphatic heterocycles. The number of aryl methyl sites for hydroxylation is 1. The Morgan fingerprint density at radius 3 is 2.30 bits per heavy atom. The Hall–Kier alpha value is -4.25. The van der Waals surface area contributed by atoms with E-state index in [1.807, 2.05) is 70.9 Å². The second kappa shape index (κ2) is 10.1. The molecule has 1 unspecified atom stereocenters. The van der Waals surface area contributed by atoms with Gasteiger partial charge in [0, 0.05) is 72.3 Å². The van der Waals surface area contributed by atoms with Gasteiger partial charge >= 0.3 is 0 Å². The number of fused-ring (bicyclic) bond motifs is 2. The van der Waals surface area contributed by atoms with Crippen molar-refractivity contribution in [1.82, 2.24) is 19.8 Å². The van der Waals surface area contributed by atoms with Gasteiger partial charge in [-0.15, -0.1) is 0 Å². The SMILES string of the molecule is CC(=O)NC[C@H]1O[C@@H](C(O)Cn2cc(C3=C(c4cn(C)c5ccccc45)C(=O)NC3=O)c3ccccc32)C[C@@H]1O. The van der Waals surface area contributed by atoms with Gasteiger partial charge in [-0.25, -0.2) is 0 Å². The van der Waals surface area contributed by atoms with Crippen molar-refractivity contribution in [2.24, 2.45) is 7.05 Å².